The van der Waals surface area contributed by atoms with Crippen molar-refractivity contribution >= 4 is 17.7 Å². The van der Waals surface area contributed by atoms with E-state index in [-0.39, 0.29) is 11.3 Å². The van der Waals surface area contributed by atoms with Crippen molar-refractivity contribution in [1.29, 1.82) is 0 Å². The number of nitrogens with one attached hydrogen (secondary N) is 1. The second kappa shape index (κ2) is 7.98. The highest BCUT2D eigenvalue weighted by Crippen LogP contribution is 2.34. The van der Waals surface area contributed by atoms with Crippen molar-refractivity contribution in [2.75, 3.05) is 25.1 Å². The maximum absolute atomic E-state index is 12.3. The minimum absolute atomic E-state index is 0.197. The lowest BCUT2D eigenvalue weighted by Crippen LogP contribution is -2.46. The molecule has 0 aromatic carbocycles. The molecule has 3 N–H and O–H groups in total. The van der Waals surface area contributed by atoms with Crippen LogP contribution in [0.2, 0.25) is 0 Å². The zero-order valence-electron chi connectivity index (χ0n) is 11.0. The van der Waals surface area contributed by atoms with Gasteiger partial charge in [-0.25, -0.2) is 0 Å². The Morgan fingerprint density at radius 2 is 1.94 bits per heavy atom. The number of carbonyl (C=O) groups excluding carboxylic acids is 1. The molecular formula is C13H26N2OS. The molecule has 100 valence electrons. The fourth-order valence-electron chi connectivity index (χ4n) is 2.54. The van der Waals surface area contributed by atoms with Crippen LogP contribution in [-0.2, 0) is 4.79 Å². The zero-order chi connectivity index (χ0) is 12.6. The summed E-state index contributed by atoms with van der Waals surface area (Å²) in [7, 11) is 0. The maximum Gasteiger partial charge on any atom is 0.227 e. The summed E-state index contributed by atoms with van der Waals surface area (Å²) in [5.74, 6) is 1.30. The van der Waals surface area contributed by atoms with E-state index in [2.05, 4.69) is 11.6 Å². The number of thioether (sulfide) groups is 1. The number of rotatable bonds is 6. The topological polar surface area (TPSA) is 55.1 Å². The van der Waals surface area contributed by atoms with Gasteiger partial charge in [-0.15, -0.1) is 0 Å². The SMILES string of the molecule is CSCCCNC(=O)C1(CN)CCCCCC1. The molecule has 1 aliphatic carbocycles. The van der Waals surface area contributed by atoms with Crippen LogP contribution in [0.1, 0.15) is 44.9 Å². The highest BCUT2D eigenvalue weighted by atomic mass is 32.2. The van der Waals surface area contributed by atoms with Crippen LogP contribution in [0.25, 0.3) is 0 Å². The molecule has 0 atom stereocenters. The van der Waals surface area contributed by atoms with Crippen LogP contribution < -0.4 is 11.1 Å². The molecule has 1 saturated carbocycles. The fourth-order valence-corrected chi connectivity index (χ4v) is 2.97. The first-order valence-corrected chi connectivity index (χ1v) is 8.12. The van der Waals surface area contributed by atoms with E-state index in [9.17, 15) is 4.79 Å². The summed E-state index contributed by atoms with van der Waals surface area (Å²) in [4.78, 5) is 12.3. The third-order valence-electron chi connectivity index (χ3n) is 3.74. The Balaban J connectivity index is 2.43. The van der Waals surface area contributed by atoms with Gasteiger partial charge in [0.2, 0.25) is 5.91 Å². The maximum atomic E-state index is 12.3. The third kappa shape index (κ3) is 4.51. The Morgan fingerprint density at radius 1 is 1.29 bits per heavy atom. The molecule has 17 heavy (non-hydrogen) atoms. The normalized spacial score (nSPS) is 19.6. The van der Waals surface area contributed by atoms with Gasteiger partial charge in [0.15, 0.2) is 0 Å². The first-order valence-electron chi connectivity index (χ1n) is 6.72. The van der Waals surface area contributed by atoms with E-state index in [0.717, 1.165) is 44.4 Å². The van der Waals surface area contributed by atoms with Gasteiger partial charge in [0, 0.05) is 13.1 Å². The summed E-state index contributed by atoms with van der Waals surface area (Å²) in [5.41, 5.74) is 5.61. The molecule has 3 nitrogen and oxygen atoms in total. The number of carbonyl (C=O) groups is 1. The molecule has 1 rings (SSSR count). The Bertz CT molecular complexity index is 225. The molecule has 0 aromatic heterocycles. The molecule has 0 saturated heterocycles. The Labute approximate surface area is 109 Å². The Morgan fingerprint density at radius 3 is 2.47 bits per heavy atom. The van der Waals surface area contributed by atoms with Crippen LogP contribution in [-0.4, -0.2) is 31.0 Å². The van der Waals surface area contributed by atoms with Crippen LogP contribution in [0.5, 0.6) is 0 Å². The molecule has 0 unspecified atom stereocenters. The van der Waals surface area contributed by atoms with E-state index in [1.807, 2.05) is 11.8 Å². The smallest absolute Gasteiger partial charge is 0.227 e. The van der Waals surface area contributed by atoms with E-state index in [0.29, 0.717) is 6.54 Å². The van der Waals surface area contributed by atoms with Gasteiger partial charge >= 0.3 is 0 Å². The lowest BCUT2D eigenvalue weighted by atomic mass is 9.79. The van der Waals surface area contributed by atoms with Crippen molar-refractivity contribution in [3.63, 3.8) is 0 Å². The first kappa shape index (κ1) is 14.8. The van der Waals surface area contributed by atoms with Gasteiger partial charge in [-0.05, 0) is 31.3 Å². The summed E-state index contributed by atoms with van der Waals surface area (Å²) >= 11 is 1.82. The van der Waals surface area contributed by atoms with E-state index in [1.54, 1.807) is 0 Å². The highest BCUT2D eigenvalue weighted by Gasteiger charge is 2.36. The van der Waals surface area contributed by atoms with E-state index < -0.39 is 0 Å². The largest absolute Gasteiger partial charge is 0.356 e. The summed E-state index contributed by atoms with van der Waals surface area (Å²) in [6.07, 6.45) is 9.88. The van der Waals surface area contributed by atoms with Crippen LogP contribution in [0, 0.1) is 5.41 Å². The average Bonchev–Trinajstić information content (AvgIpc) is 2.60. The lowest BCUT2D eigenvalue weighted by Gasteiger charge is -2.29. The van der Waals surface area contributed by atoms with Crippen molar-refractivity contribution in [1.82, 2.24) is 5.32 Å². The molecule has 1 amide bonds. The highest BCUT2D eigenvalue weighted by molar-refractivity contribution is 7.98. The van der Waals surface area contributed by atoms with Crippen molar-refractivity contribution in [3.8, 4) is 0 Å². The monoisotopic (exact) mass is 258 g/mol. The van der Waals surface area contributed by atoms with Gasteiger partial charge in [-0.2, -0.15) is 11.8 Å². The molecule has 4 heteroatoms. The van der Waals surface area contributed by atoms with E-state index in [1.165, 1.54) is 12.8 Å². The van der Waals surface area contributed by atoms with E-state index >= 15 is 0 Å². The van der Waals surface area contributed by atoms with Gasteiger partial charge < -0.3 is 11.1 Å². The van der Waals surface area contributed by atoms with Crippen LogP contribution >= 0.6 is 11.8 Å². The van der Waals surface area contributed by atoms with Crippen molar-refractivity contribution in [2.24, 2.45) is 11.1 Å². The summed E-state index contributed by atoms with van der Waals surface area (Å²) < 4.78 is 0. The Hall–Kier alpha value is -0.220. The lowest BCUT2D eigenvalue weighted by molar-refractivity contribution is -0.131. The number of nitrogens with two attached hydrogens (primary N) is 1. The minimum Gasteiger partial charge on any atom is -0.356 e. The summed E-state index contributed by atoms with van der Waals surface area (Å²) in [5, 5.41) is 3.07. The predicted molar refractivity (Wildman–Crippen MR) is 75.2 cm³/mol. The third-order valence-corrected chi connectivity index (χ3v) is 4.44. The van der Waals surface area contributed by atoms with Crippen molar-refractivity contribution < 1.29 is 4.79 Å². The van der Waals surface area contributed by atoms with Gasteiger partial charge in [0.1, 0.15) is 0 Å². The van der Waals surface area contributed by atoms with Crippen LogP contribution in [0.3, 0.4) is 0 Å². The quantitative estimate of drug-likeness (QED) is 0.567. The molecule has 0 aromatic rings. The predicted octanol–water partition coefficient (Wildman–Crippen LogP) is 2.15. The molecular weight excluding hydrogens is 232 g/mol. The average molecular weight is 258 g/mol. The molecule has 0 radical (unpaired) electrons. The summed E-state index contributed by atoms with van der Waals surface area (Å²) in [6.45, 7) is 1.29. The van der Waals surface area contributed by atoms with Gasteiger partial charge in [-0.3, -0.25) is 4.79 Å². The van der Waals surface area contributed by atoms with Crippen LogP contribution in [0.15, 0.2) is 0 Å². The van der Waals surface area contributed by atoms with Gasteiger partial charge in [0.25, 0.3) is 0 Å². The van der Waals surface area contributed by atoms with Crippen LogP contribution in [0.4, 0.5) is 0 Å². The standard InChI is InChI=1S/C13H26N2OS/c1-17-10-6-9-15-12(16)13(11-14)7-4-2-3-5-8-13/h2-11,14H2,1H3,(H,15,16). The molecule has 0 aliphatic heterocycles. The number of amides is 1. The van der Waals surface area contributed by atoms with Crippen molar-refractivity contribution in [2.45, 2.75) is 44.9 Å². The zero-order valence-corrected chi connectivity index (χ0v) is 11.8. The minimum atomic E-state index is -0.268. The first-order chi connectivity index (χ1) is 8.25. The van der Waals surface area contributed by atoms with Gasteiger partial charge in [0.05, 0.1) is 5.41 Å². The second-order valence-corrected chi connectivity index (χ2v) is 5.99. The fraction of sp³-hybridized carbons (Fsp3) is 0.923. The molecule has 1 aliphatic rings. The molecule has 1 fully saturated rings. The number of hydrogen-bond donors (Lipinski definition) is 2. The summed E-state index contributed by atoms with van der Waals surface area (Å²) in [6, 6.07) is 0. The number of hydrogen-bond acceptors (Lipinski definition) is 3. The molecule has 0 heterocycles. The Kier molecular flexibility index (Phi) is 6.97. The second-order valence-electron chi connectivity index (χ2n) is 5.00. The molecule has 0 spiro atoms. The van der Waals surface area contributed by atoms with Crippen molar-refractivity contribution in [3.05, 3.63) is 0 Å². The van der Waals surface area contributed by atoms with E-state index in [4.69, 9.17) is 5.73 Å². The molecule has 0 bridgehead atoms. The van der Waals surface area contributed by atoms with Gasteiger partial charge in [-0.1, -0.05) is 25.7 Å².